The predicted molar refractivity (Wildman–Crippen MR) is 144 cm³/mol. The molecule has 2 N–H and O–H groups in total. The fourth-order valence-corrected chi connectivity index (χ4v) is 5.98. The average molecular weight is 490 g/mol. The Bertz CT molecular complexity index is 1170. The monoisotopic (exact) mass is 489 g/mol. The molecule has 1 heterocycles. The van der Waals surface area contributed by atoms with Crippen LogP contribution in [-0.2, 0) is 11.2 Å². The highest BCUT2D eigenvalue weighted by molar-refractivity contribution is 5.81. The lowest BCUT2D eigenvalue weighted by Crippen LogP contribution is -2.48. The highest BCUT2D eigenvalue weighted by Crippen LogP contribution is 2.51. The van der Waals surface area contributed by atoms with Crippen LogP contribution >= 0.6 is 0 Å². The largest absolute Gasteiger partial charge is 0.489 e. The smallest absolute Gasteiger partial charge is 0.147 e. The van der Waals surface area contributed by atoms with E-state index in [0.717, 1.165) is 67.8 Å². The molecule has 6 nitrogen and oxygen atoms in total. The van der Waals surface area contributed by atoms with Crippen LogP contribution in [-0.4, -0.2) is 66.0 Å². The van der Waals surface area contributed by atoms with Crippen LogP contribution in [0.2, 0.25) is 0 Å². The first-order chi connectivity index (χ1) is 17.6. The van der Waals surface area contributed by atoms with Crippen LogP contribution in [0.5, 0.6) is 5.75 Å². The van der Waals surface area contributed by atoms with Crippen molar-refractivity contribution in [2.45, 2.75) is 44.1 Å². The van der Waals surface area contributed by atoms with Crippen molar-refractivity contribution in [1.82, 2.24) is 14.9 Å². The van der Waals surface area contributed by atoms with Crippen LogP contribution in [0.4, 0.5) is 0 Å². The van der Waals surface area contributed by atoms with Crippen LogP contribution in [0.25, 0.3) is 16.6 Å². The number of allylic oxidation sites excluding steroid dienone is 1. The minimum absolute atomic E-state index is 0.266. The van der Waals surface area contributed by atoms with E-state index in [9.17, 15) is 5.11 Å². The maximum absolute atomic E-state index is 11.6. The molecule has 0 radical (unpaired) electrons. The lowest BCUT2D eigenvalue weighted by atomic mass is 9.61. The molecule has 3 aliphatic rings. The third-order valence-electron chi connectivity index (χ3n) is 7.99. The number of aliphatic hydroxyl groups is 1. The summed E-state index contributed by atoms with van der Waals surface area (Å²) in [6, 6.07) is 16.7. The van der Waals surface area contributed by atoms with Crippen molar-refractivity contribution in [2.75, 3.05) is 40.5 Å². The number of ether oxygens (including phenoxy) is 2. The van der Waals surface area contributed by atoms with Crippen molar-refractivity contribution in [3.05, 3.63) is 66.0 Å². The third kappa shape index (κ3) is 5.51. The van der Waals surface area contributed by atoms with E-state index in [1.54, 1.807) is 7.11 Å². The van der Waals surface area contributed by atoms with Gasteiger partial charge in [0.2, 0.25) is 0 Å². The number of hydrogen-bond acceptors (Lipinski definition) is 5. The summed E-state index contributed by atoms with van der Waals surface area (Å²) in [6.45, 7) is 2.95. The Kier molecular flexibility index (Phi) is 7.75. The maximum atomic E-state index is 11.6. The van der Waals surface area contributed by atoms with E-state index in [-0.39, 0.29) is 5.92 Å². The Morgan fingerprint density at radius 1 is 1.08 bits per heavy atom. The first-order valence-electron chi connectivity index (χ1n) is 13.3. The number of aromatic nitrogens is 2. The Labute approximate surface area is 214 Å². The van der Waals surface area contributed by atoms with Crippen LogP contribution in [0.1, 0.15) is 43.5 Å². The van der Waals surface area contributed by atoms with E-state index in [1.165, 1.54) is 17.6 Å². The summed E-state index contributed by atoms with van der Waals surface area (Å²) in [4.78, 5) is 10.6. The van der Waals surface area contributed by atoms with E-state index < -0.39 is 5.60 Å². The number of fused-ring (bicyclic) bond motifs is 3. The maximum Gasteiger partial charge on any atom is 0.147 e. The number of nitrogens with zero attached hydrogens (tertiary/aromatic N) is 2. The fourth-order valence-electron chi connectivity index (χ4n) is 5.98. The summed E-state index contributed by atoms with van der Waals surface area (Å²) in [5.41, 5.74) is 4.08. The molecule has 0 saturated heterocycles. The van der Waals surface area contributed by atoms with Gasteiger partial charge in [-0.25, -0.2) is 4.98 Å². The van der Waals surface area contributed by atoms with Gasteiger partial charge in [0, 0.05) is 26.0 Å². The molecule has 3 atom stereocenters. The lowest BCUT2D eigenvalue weighted by molar-refractivity contribution is -0.0574. The van der Waals surface area contributed by atoms with Crippen molar-refractivity contribution in [2.24, 2.45) is 11.8 Å². The van der Waals surface area contributed by atoms with Crippen LogP contribution < -0.4 is 4.74 Å². The first-order valence-corrected chi connectivity index (χ1v) is 13.3. The normalized spacial score (nSPS) is 23.4. The number of hydrogen-bond donors (Lipinski definition) is 2. The molecule has 1 saturated carbocycles. The fraction of sp³-hybridized carbons (Fsp3) is 0.500. The number of aromatic amines is 1. The Morgan fingerprint density at radius 3 is 2.72 bits per heavy atom. The van der Waals surface area contributed by atoms with E-state index >= 15 is 0 Å². The molecule has 0 amide bonds. The quantitative estimate of drug-likeness (QED) is 0.347. The summed E-state index contributed by atoms with van der Waals surface area (Å²) in [5, 5.41) is 11.6. The number of rotatable bonds is 12. The molecule has 1 aromatic heterocycles. The molecule has 3 aliphatic carbocycles. The molecule has 2 aromatic carbocycles. The van der Waals surface area contributed by atoms with Gasteiger partial charge in [-0.3, -0.25) is 0 Å². The summed E-state index contributed by atoms with van der Waals surface area (Å²) in [6.07, 6.45) is 8.29. The number of para-hydroxylation sites is 1. The number of methoxy groups -OCH3 is 1. The molecular weight excluding hydrogens is 450 g/mol. The minimum Gasteiger partial charge on any atom is -0.489 e. The molecule has 1 fully saturated rings. The summed E-state index contributed by atoms with van der Waals surface area (Å²) in [5.74, 6) is 2.53. The predicted octanol–water partition coefficient (Wildman–Crippen LogP) is 5.09. The highest BCUT2D eigenvalue weighted by atomic mass is 16.5. The summed E-state index contributed by atoms with van der Waals surface area (Å²) in [7, 11) is 3.84. The van der Waals surface area contributed by atoms with Crippen molar-refractivity contribution < 1.29 is 14.6 Å². The molecule has 3 aromatic rings. The molecule has 36 heavy (non-hydrogen) atoms. The van der Waals surface area contributed by atoms with Crippen molar-refractivity contribution in [3.8, 4) is 5.75 Å². The number of aryl methyl sites for hydroxylation is 1. The van der Waals surface area contributed by atoms with Gasteiger partial charge < -0.3 is 24.5 Å². The van der Waals surface area contributed by atoms with Crippen LogP contribution in [0, 0.1) is 11.8 Å². The van der Waals surface area contributed by atoms with Crippen LogP contribution in [0.15, 0.2) is 54.6 Å². The number of imidazole rings is 1. The minimum atomic E-state index is -0.576. The van der Waals surface area contributed by atoms with Gasteiger partial charge in [-0.2, -0.15) is 0 Å². The van der Waals surface area contributed by atoms with Gasteiger partial charge in [-0.05, 0) is 74.9 Å². The Morgan fingerprint density at radius 2 is 1.94 bits per heavy atom. The molecular formula is C30H39N3O3. The van der Waals surface area contributed by atoms with Gasteiger partial charge in [0.05, 0.1) is 17.7 Å². The van der Waals surface area contributed by atoms with Crippen molar-refractivity contribution in [1.29, 1.82) is 0 Å². The average Bonchev–Trinajstić information content (AvgIpc) is 3.32. The molecule has 6 heteroatoms. The van der Waals surface area contributed by atoms with Gasteiger partial charge in [0.25, 0.3) is 0 Å². The highest BCUT2D eigenvalue weighted by Gasteiger charge is 2.46. The van der Waals surface area contributed by atoms with Gasteiger partial charge >= 0.3 is 0 Å². The van der Waals surface area contributed by atoms with E-state index in [1.807, 2.05) is 18.2 Å². The number of H-pyrrole nitrogens is 1. The Hall–Kier alpha value is -2.67. The molecule has 6 rings (SSSR count). The second-order valence-corrected chi connectivity index (χ2v) is 10.5. The molecule has 0 unspecified atom stereocenters. The molecule has 2 bridgehead atoms. The Balaban J connectivity index is 1.11. The molecule has 0 spiro atoms. The van der Waals surface area contributed by atoms with E-state index in [4.69, 9.17) is 14.5 Å². The van der Waals surface area contributed by atoms with Gasteiger partial charge in [0.15, 0.2) is 0 Å². The zero-order valence-electron chi connectivity index (χ0n) is 21.6. The van der Waals surface area contributed by atoms with Gasteiger partial charge in [-0.15, -0.1) is 0 Å². The number of benzene rings is 2. The second-order valence-electron chi connectivity index (χ2n) is 10.5. The van der Waals surface area contributed by atoms with Crippen molar-refractivity contribution >= 4 is 16.6 Å². The third-order valence-corrected chi connectivity index (χ3v) is 7.99. The van der Waals surface area contributed by atoms with E-state index in [2.05, 4.69) is 53.3 Å². The van der Waals surface area contributed by atoms with Crippen molar-refractivity contribution in [3.63, 3.8) is 0 Å². The standard InChI is InChI=1S/C30H39N3O3/c1-33(16-7-12-28-31-26-10-6-11-27(29(26)32-28)36-19-18-35-2)17-15-30(34)21-23-13-14-24(30)20-25(23)22-8-4-3-5-9-22/h3-6,8-11,20,23-24,34H,7,12-19,21H2,1-2H3,(H,31,32)/t23-,24-,30+/m1/s1. The van der Waals surface area contributed by atoms with Gasteiger partial charge in [0.1, 0.15) is 23.7 Å². The zero-order chi connectivity index (χ0) is 25.0. The second kappa shape index (κ2) is 11.2. The molecule has 0 aliphatic heterocycles. The SMILES string of the molecule is COCCOc1cccc2[nH]c(CCCN(C)CC[C@]3(O)C[C@H]4CC[C@@H]3C=C4c3ccccc3)nc12. The van der Waals surface area contributed by atoms with Crippen LogP contribution in [0.3, 0.4) is 0 Å². The molecule has 192 valence electrons. The summed E-state index contributed by atoms with van der Waals surface area (Å²) >= 11 is 0. The zero-order valence-corrected chi connectivity index (χ0v) is 21.6. The lowest BCUT2D eigenvalue weighted by Gasteiger charge is -2.48. The topological polar surface area (TPSA) is 70.6 Å². The number of nitrogens with one attached hydrogen (secondary N) is 1. The van der Waals surface area contributed by atoms with E-state index in [0.29, 0.717) is 19.1 Å². The van der Waals surface area contributed by atoms with Gasteiger partial charge in [-0.1, -0.05) is 42.5 Å². The summed E-state index contributed by atoms with van der Waals surface area (Å²) < 4.78 is 10.9. The first kappa shape index (κ1) is 25.0.